The summed E-state index contributed by atoms with van der Waals surface area (Å²) < 4.78 is 12.5. The Morgan fingerprint density at radius 3 is 2.81 bits per heavy atom. The minimum Gasteiger partial charge on any atom is -0.493 e. The maximum Gasteiger partial charge on any atom is 0.230 e. The summed E-state index contributed by atoms with van der Waals surface area (Å²) in [5.41, 5.74) is 0.904. The van der Waals surface area contributed by atoms with E-state index in [-0.39, 0.29) is 18.5 Å². The third-order valence-corrected chi connectivity index (χ3v) is 5.17. The number of hydrogen-bond donors (Lipinski definition) is 2. The van der Waals surface area contributed by atoms with Gasteiger partial charge in [-0.25, -0.2) is 4.98 Å². The molecule has 0 aliphatic heterocycles. The van der Waals surface area contributed by atoms with Gasteiger partial charge in [0.05, 0.1) is 31.2 Å². The number of aromatic nitrogens is 3. The third-order valence-electron chi connectivity index (χ3n) is 4.08. The molecule has 9 heteroatoms. The SMILES string of the molecule is CCOc1ccc(C(c2sc3ncnn3c2O)N(C)CCO)cc1OC. The highest BCUT2D eigenvalue weighted by Gasteiger charge is 2.28. The van der Waals surface area contributed by atoms with Crippen LogP contribution in [0.1, 0.15) is 23.4 Å². The van der Waals surface area contributed by atoms with E-state index in [0.29, 0.717) is 34.5 Å². The molecule has 0 saturated heterocycles. The lowest BCUT2D eigenvalue weighted by atomic mass is 10.0. The number of aliphatic hydroxyl groups is 1. The van der Waals surface area contributed by atoms with E-state index in [2.05, 4.69) is 10.1 Å². The lowest BCUT2D eigenvalue weighted by Gasteiger charge is -2.27. The highest BCUT2D eigenvalue weighted by atomic mass is 32.1. The van der Waals surface area contributed by atoms with Crippen molar-refractivity contribution in [3.63, 3.8) is 0 Å². The van der Waals surface area contributed by atoms with Crippen molar-refractivity contribution in [2.45, 2.75) is 13.0 Å². The predicted molar refractivity (Wildman–Crippen MR) is 98.3 cm³/mol. The number of rotatable bonds is 8. The van der Waals surface area contributed by atoms with Crippen molar-refractivity contribution in [3.8, 4) is 17.4 Å². The van der Waals surface area contributed by atoms with Gasteiger partial charge in [0, 0.05) is 6.54 Å². The van der Waals surface area contributed by atoms with Gasteiger partial charge in [0.25, 0.3) is 0 Å². The summed E-state index contributed by atoms with van der Waals surface area (Å²) >= 11 is 1.36. The van der Waals surface area contributed by atoms with E-state index >= 15 is 0 Å². The molecule has 3 rings (SSSR count). The largest absolute Gasteiger partial charge is 0.493 e. The summed E-state index contributed by atoms with van der Waals surface area (Å²) in [4.78, 5) is 7.42. The van der Waals surface area contributed by atoms with Crippen LogP contribution < -0.4 is 9.47 Å². The smallest absolute Gasteiger partial charge is 0.230 e. The topological polar surface area (TPSA) is 92.4 Å². The summed E-state index contributed by atoms with van der Waals surface area (Å²) in [6.45, 7) is 2.89. The summed E-state index contributed by atoms with van der Waals surface area (Å²) in [7, 11) is 3.48. The number of thiazole rings is 1. The first kappa shape index (κ1) is 18.4. The van der Waals surface area contributed by atoms with Crippen LogP contribution in [-0.2, 0) is 0 Å². The number of methoxy groups -OCH3 is 1. The van der Waals surface area contributed by atoms with Crippen LogP contribution in [0.2, 0.25) is 0 Å². The van der Waals surface area contributed by atoms with Gasteiger partial charge in [-0.1, -0.05) is 17.4 Å². The van der Waals surface area contributed by atoms with E-state index in [9.17, 15) is 10.2 Å². The fraction of sp³-hybridized carbons (Fsp3) is 0.412. The first-order valence-corrected chi connectivity index (χ1v) is 9.05. The molecule has 0 spiro atoms. The lowest BCUT2D eigenvalue weighted by Crippen LogP contribution is -2.28. The monoisotopic (exact) mass is 378 g/mol. The van der Waals surface area contributed by atoms with Crippen molar-refractivity contribution in [3.05, 3.63) is 35.0 Å². The van der Waals surface area contributed by atoms with Crippen molar-refractivity contribution in [2.24, 2.45) is 0 Å². The van der Waals surface area contributed by atoms with Crippen LogP contribution in [0, 0.1) is 0 Å². The van der Waals surface area contributed by atoms with Crippen LogP contribution in [0.3, 0.4) is 0 Å². The molecule has 0 aliphatic rings. The molecule has 1 aromatic carbocycles. The number of aliphatic hydroxyl groups excluding tert-OH is 1. The molecule has 1 unspecified atom stereocenters. The molecular weight excluding hydrogens is 356 g/mol. The Labute approximate surface area is 155 Å². The van der Waals surface area contributed by atoms with E-state index in [1.54, 1.807) is 7.11 Å². The molecule has 0 amide bonds. The van der Waals surface area contributed by atoms with Crippen LogP contribution in [0.15, 0.2) is 24.5 Å². The van der Waals surface area contributed by atoms with Gasteiger partial charge < -0.3 is 19.7 Å². The number of likely N-dealkylation sites (N-methyl/N-ethyl adjacent to an activating group) is 1. The van der Waals surface area contributed by atoms with E-state index in [1.165, 1.54) is 22.2 Å². The third kappa shape index (κ3) is 3.33. The maximum atomic E-state index is 10.6. The Morgan fingerprint density at radius 1 is 1.35 bits per heavy atom. The molecule has 2 N–H and O–H groups in total. The molecule has 140 valence electrons. The molecule has 8 nitrogen and oxygen atoms in total. The normalized spacial score (nSPS) is 12.7. The van der Waals surface area contributed by atoms with Crippen molar-refractivity contribution in [1.82, 2.24) is 19.5 Å². The van der Waals surface area contributed by atoms with E-state index in [4.69, 9.17) is 9.47 Å². The Hall–Kier alpha value is -2.36. The Morgan fingerprint density at radius 2 is 2.15 bits per heavy atom. The van der Waals surface area contributed by atoms with E-state index in [1.807, 2.05) is 37.1 Å². The molecule has 2 aromatic heterocycles. The molecule has 0 bridgehead atoms. The molecule has 0 aliphatic carbocycles. The zero-order valence-electron chi connectivity index (χ0n) is 14.9. The van der Waals surface area contributed by atoms with Gasteiger partial charge in [-0.2, -0.15) is 9.61 Å². The number of nitrogens with zero attached hydrogens (tertiary/aromatic N) is 4. The number of hydrogen-bond acceptors (Lipinski definition) is 8. The molecular formula is C17H22N4O4S. The number of benzene rings is 1. The highest BCUT2D eigenvalue weighted by molar-refractivity contribution is 7.17. The van der Waals surface area contributed by atoms with Gasteiger partial charge in [-0.3, -0.25) is 4.90 Å². The van der Waals surface area contributed by atoms with Gasteiger partial charge in [-0.15, -0.1) is 0 Å². The quantitative estimate of drug-likeness (QED) is 0.619. The van der Waals surface area contributed by atoms with E-state index < -0.39 is 0 Å². The molecule has 0 saturated carbocycles. The van der Waals surface area contributed by atoms with Gasteiger partial charge in [0.2, 0.25) is 10.8 Å². The summed E-state index contributed by atoms with van der Waals surface area (Å²) in [6.07, 6.45) is 1.40. The Bertz CT molecular complexity index is 879. The van der Waals surface area contributed by atoms with Crippen molar-refractivity contribution < 1.29 is 19.7 Å². The summed E-state index contributed by atoms with van der Waals surface area (Å²) in [6, 6.07) is 5.38. The lowest BCUT2D eigenvalue weighted by molar-refractivity contribution is 0.196. The zero-order valence-corrected chi connectivity index (χ0v) is 15.7. The fourth-order valence-corrected chi connectivity index (χ4v) is 4.02. The highest BCUT2D eigenvalue weighted by Crippen LogP contribution is 2.41. The standard InChI is InChI=1S/C17H22N4O4S/c1-4-25-12-6-5-11(9-13(12)24-3)14(20(2)7-8-22)15-16(23)21-17(26-15)18-10-19-21/h5-6,9-10,14,22-23H,4,7-8H2,1-3H3. The maximum absolute atomic E-state index is 10.6. The Kier molecular flexibility index (Phi) is 5.60. The van der Waals surface area contributed by atoms with Crippen molar-refractivity contribution >= 4 is 16.3 Å². The van der Waals surface area contributed by atoms with Crippen LogP contribution in [0.4, 0.5) is 0 Å². The van der Waals surface area contributed by atoms with Gasteiger partial charge in [0.15, 0.2) is 11.5 Å². The number of fused-ring (bicyclic) bond motifs is 1. The molecule has 3 aromatic rings. The predicted octanol–water partition coefficient (Wildman–Crippen LogP) is 1.92. The number of ether oxygens (including phenoxy) is 2. The van der Waals surface area contributed by atoms with E-state index in [0.717, 1.165) is 5.56 Å². The first-order valence-electron chi connectivity index (χ1n) is 8.23. The zero-order chi connectivity index (χ0) is 18.7. The second kappa shape index (κ2) is 7.90. The van der Waals surface area contributed by atoms with Gasteiger partial charge >= 0.3 is 0 Å². The molecule has 2 heterocycles. The van der Waals surface area contributed by atoms with Crippen molar-refractivity contribution in [1.29, 1.82) is 0 Å². The van der Waals surface area contributed by atoms with Crippen LogP contribution in [0.25, 0.3) is 4.96 Å². The van der Waals surface area contributed by atoms with Crippen LogP contribution in [-0.4, -0.2) is 63.6 Å². The fourth-order valence-electron chi connectivity index (χ4n) is 2.89. The second-order valence-corrected chi connectivity index (χ2v) is 6.70. The van der Waals surface area contributed by atoms with Crippen LogP contribution >= 0.6 is 11.3 Å². The van der Waals surface area contributed by atoms with Gasteiger partial charge in [0.1, 0.15) is 6.33 Å². The summed E-state index contributed by atoms with van der Waals surface area (Å²) in [5.74, 6) is 1.32. The Balaban J connectivity index is 2.09. The first-order chi connectivity index (χ1) is 12.6. The molecule has 0 radical (unpaired) electrons. The van der Waals surface area contributed by atoms with Crippen LogP contribution in [0.5, 0.6) is 17.4 Å². The van der Waals surface area contributed by atoms with Gasteiger partial charge in [-0.05, 0) is 31.7 Å². The number of aromatic hydroxyl groups is 1. The molecule has 26 heavy (non-hydrogen) atoms. The minimum absolute atomic E-state index is 0.00267. The average Bonchev–Trinajstić information content (AvgIpc) is 3.20. The summed E-state index contributed by atoms with van der Waals surface area (Å²) in [5, 5.41) is 24.1. The van der Waals surface area contributed by atoms with Crippen molar-refractivity contribution in [2.75, 3.05) is 33.9 Å². The molecule has 1 atom stereocenters. The average molecular weight is 378 g/mol. The second-order valence-electron chi connectivity index (χ2n) is 5.69. The minimum atomic E-state index is -0.291. The molecule has 0 fully saturated rings.